The van der Waals surface area contributed by atoms with Crippen LogP contribution in [0.2, 0.25) is 0 Å². The highest BCUT2D eigenvalue weighted by atomic mass is 16.5. The fourth-order valence-electron chi connectivity index (χ4n) is 2.37. The van der Waals surface area contributed by atoms with Crippen molar-refractivity contribution < 1.29 is 9.32 Å². The molecular weight excluding hydrogens is 290 g/mol. The van der Waals surface area contributed by atoms with Crippen molar-refractivity contribution in [3.63, 3.8) is 0 Å². The second-order valence-corrected chi connectivity index (χ2v) is 5.19. The standard InChI is InChI=1S/C18H21N3O2/c1-4-16(17-13(2)21-23-14(17)3)20-18(22)19-12-8-11-15-9-6-5-7-10-15/h5-7,9-10,16H,4,12H2,1-3H3,(H2,19,20,22)/t16-/m1/s1. The summed E-state index contributed by atoms with van der Waals surface area (Å²) in [5.41, 5.74) is 2.67. The van der Waals surface area contributed by atoms with Crippen LogP contribution in [0, 0.1) is 25.7 Å². The van der Waals surface area contributed by atoms with E-state index in [9.17, 15) is 4.79 Å². The maximum absolute atomic E-state index is 12.0. The van der Waals surface area contributed by atoms with E-state index >= 15 is 0 Å². The summed E-state index contributed by atoms with van der Waals surface area (Å²) >= 11 is 0. The Balaban J connectivity index is 1.88. The summed E-state index contributed by atoms with van der Waals surface area (Å²) in [5, 5.41) is 9.61. The summed E-state index contributed by atoms with van der Waals surface area (Å²) in [6, 6.07) is 9.29. The average Bonchev–Trinajstić information content (AvgIpc) is 2.89. The van der Waals surface area contributed by atoms with Gasteiger partial charge >= 0.3 is 6.03 Å². The number of urea groups is 1. The first kappa shape index (κ1) is 16.6. The van der Waals surface area contributed by atoms with Crippen LogP contribution in [0.5, 0.6) is 0 Å². The number of carbonyl (C=O) groups excluding carboxylic acids is 1. The largest absolute Gasteiger partial charge is 0.361 e. The van der Waals surface area contributed by atoms with Crippen molar-refractivity contribution in [2.24, 2.45) is 0 Å². The van der Waals surface area contributed by atoms with Gasteiger partial charge in [-0.3, -0.25) is 0 Å². The van der Waals surface area contributed by atoms with Crippen molar-refractivity contribution in [2.75, 3.05) is 6.54 Å². The van der Waals surface area contributed by atoms with E-state index in [2.05, 4.69) is 27.6 Å². The maximum atomic E-state index is 12.0. The Morgan fingerprint density at radius 3 is 2.65 bits per heavy atom. The highest BCUT2D eigenvalue weighted by Crippen LogP contribution is 2.23. The van der Waals surface area contributed by atoms with E-state index in [1.165, 1.54) is 0 Å². The van der Waals surface area contributed by atoms with Crippen LogP contribution >= 0.6 is 0 Å². The topological polar surface area (TPSA) is 67.2 Å². The Morgan fingerprint density at radius 2 is 2.04 bits per heavy atom. The van der Waals surface area contributed by atoms with E-state index in [0.29, 0.717) is 6.54 Å². The Kier molecular flexibility index (Phi) is 5.81. The van der Waals surface area contributed by atoms with Crippen molar-refractivity contribution >= 4 is 6.03 Å². The van der Waals surface area contributed by atoms with Crippen LogP contribution in [-0.2, 0) is 0 Å². The molecule has 120 valence electrons. The smallest absolute Gasteiger partial charge is 0.316 e. The molecule has 1 aromatic carbocycles. The number of amides is 2. The second-order valence-electron chi connectivity index (χ2n) is 5.19. The molecule has 0 aliphatic heterocycles. The first-order valence-electron chi connectivity index (χ1n) is 7.62. The number of nitrogens with one attached hydrogen (secondary N) is 2. The fraction of sp³-hybridized carbons (Fsp3) is 0.333. The lowest BCUT2D eigenvalue weighted by molar-refractivity contribution is 0.237. The summed E-state index contributed by atoms with van der Waals surface area (Å²) < 4.78 is 5.16. The summed E-state index contributed by atoms with van der Waals surface area (Å²) in [6.45, 7) is 6.02. The summed E-state index contributed by atoms with van der Waals surface area (Å²) in [6.07, 6.45) is 0.756. The number of aromatic nitrogens is 1. The maximum Gasteiger partial charge on any atom is 0.316 e. The molecule has 0 radical (unpaired) electrons. The number of rotatable bonds is 4. The van der Waals surface area contributed by atoms with Crippen molar-refractivity contribution in [1.82, 2.24) is 15.8 Å². The highest BCUT2D eigenvalue weighted by molar-refractivity contribution is 5.74. The van der Waals surface area contributed by atoms with Gasteiger partial charge in [0.2, 0.25) is 0 Å². The second kappa shape index (κ2) is 8.04. The van der Waals surface area contributed by atoms with Crippen LogP contribution < -0.4 is 10.6 Å². The van der Waals surface area contributed by atoms with E-state index in [4.69, 9.17) is 4.52 Å². The summed E-state index contributed by atoms with van der Waals surface area (Å²) in [7, 11) is 0. The zero-order valence-electron chi connectivity index (χ0n) is 13.6. The van der Waals surface area contributed by atoms with Crippen molar-refractivity contribution in [3.05, 3.63) is 52.9 Å². The lowest BCUT2D eigenvalue weighted by atomic mass is 10.0. The number of benzene rings is 1. The third-order valence-corrected chi connectivity index (χ3v) is 3.49. The molecule has 0 fully saturated rings. The van der Waals surface area contributed by atoms with Crippen LogP contribution in [0.15, 0.2) is 34.9 Å². The van der Waals surface area contributed by atoms with Gasteiger partial charge in [0.25, 0.3) is 0 Å². The molecule has 1 aromatic heterocycles. The minimum atomic E-state index is -0.251. The first-order valence-corrected chi connectivity index (χ1v) is 7.62. The first-order chi connectivity index (χ1) is 11.1. The molecule has 2 rings (SSSR count). The van der Waals surface area contributed by atoms with Crippen molar-refractivity contribution in [2.45, 2.75) is 33.2 Å². The lowest BCUT2D eigenvalue weighted by Gasteiger charge is -2.16. The monoisotopic (exact) mass is 311 g/mol. The minimum absolute atomic E-state index is 0.122. The SMILES string of the molecule is CC[C@@H](NC(=O)NCC#Cc1ccccc1)c1c(C)noc1C. The van der Waals surface area contributed by atoms with Crippen LogP contribution in [0.25, 0.3) is 0 Å². The van der Waals surface area contributed by atoms with Gasteiger partial charge in [0.15, 0.2) is 0 Å². The number of aryl methyl sites for hydroxylation is 2. The molecule has 0 saturated heterocycles. The molecule has 0 saturated carbocycles. The van der Waals surface area contributed by atoms with Crippen molar-refractivity contribution in [3.8, 4) is 11.8 Å². The van der Waals surface area contributed by atoms with Gasteiger partial charge in [-0.05, 0) is 32.4 Å². The van der Waals surface area contributed by atoms with Gasteiger partial charge in [-0.25, -0.2) is 4.79 Å². The normalized spacial score (nSPS) is 11.3. The summed E-state index contributed by atoms with van der Waals surface area (Å²) in [4.78, 5) is 12.0. The number of carbonyl (C=O) groups is 1. The number of hydrogen-bond acceptors (Lipinski definition) is 3. The van der Waals surface area contributed by atoms with Gasteiger partial charge in [-0.2, -0.15) is 0 Å². The van der Waals surface area contributed by atoms with Crippen LogP contribution in [0.1, 0.15) is 42.0 Å². The molecule has 0 bridgehead atoms. The Hall–Kier alpha value is -2.74. The molecule has 2 amide bonds. The summed E-state index contributed by atoms with van der Waals surface area (Å²) in [5.74, 6) is 6.66. The van der Waals surface area contributed by atoms with Gasteiger partial charge < -0.3 is 15.2 Å². The molecule has 23 heavy (non-hydrogen) atoms. The van der Waals surface area contributed by atoms with E-state index in [-0.39, 0.29) is 12.1 Å². The van der Waals surface area contributed by atoms with Crippen LogP contribution in [0.4, 0.5) is 4.79 Å². The van der Waals surface area contributed by atoms with Crippen LogP contribution in [-0.4, -0.2) is 17.7 Å². The third kappa shape index (κ3) is 4.62. The zero-order valence-corrected chi connectivity index (χ0v) is 13.6. The average molecular weight is 311 g/mol. The van der Waals surface area contributed by atoms with Gasteiger partial charge in [-0.1, -0.05) is 42.1 Å². The molecule has 1 heterocycles. The molecule has 0 aliphatic carbocycles. The molecule has 2 N–H and O–H groups in total. The Bertz CT molecular complexity index is 691. The van der Waals surface area contributed by atoms with Crippen molar-refractivity contribution in [1.29, 1.82) is 0 Å². The Labute approximate surface area is 136 Å². The molecule has 2 aromatic rings. The third-order valence-electron chi connectivity index (χ3n) is 3.49. The van der Waals surface area contributed by atoms with Gasteiger partial charge in [0, 0.05) is 11.1 Å². The van der Waals surface area contributed by atoms with Gasteiger partial charge in [0.1, 0.15) is 5.76 Å². The predicted octanol–water partition coefficient (Wildman–Crippen LogP) is 3.09. The number of hydrogen-bond donors (Lipinski definition) is 2. The quantitative estimate of drug-likeness (QED) is 0.853. The molecule has 1 atom stereocenters. The minimum Gasteiger partial charge on any atom is -0.361 e. The van der Waals surface area contributed by atoms with Gasteiger partial charge in [0.05, 0.1) is 18.3 Å². The molecule has 5 heteroatoms. The van der Waals surface area contributed by atoms with E-state index < -0.39 is 0 Å². The molecule has 0 unspecified atom stereocenters. The molecule has 0 spiro atoms. The fourth-order valence-corrected chi connectivity index (χ4v) is 2.37. The highest BCUT2D eigenvalue weighted by Gasteiger charge is 2.20. The predicted molar refractivity (Wildman–Crippen MR) is 88.9 cm³/mol. The Morgan fingerprint density at radius 1 is 1.30 bits per heavy atom. The van der Waals surface area contributed by atoms with E-state index in [1.807, 2.05) is 51.1 Å². The lowest BCUT2D eigenvalue weighted by Crippen LogP contribution is -2.38. The van der Waals surface area contributed by atoms with Gasteiger partial charge in [-0.15, -0.1) is 0 Å². The molecule has 5 nitrogen and oxygen atoms in total. The molecular formula is C18H21N3O2. The van der Waals surface area contributed by atoms with E-state index in [1.54, 1.807) is 0 Å². The number of nitrogens with zero attached hydrogens (tertiary/aromatic N) is 1. The zero-order chi connectivity index (χ0) is 16.7. The van der Waals surface area contributed by atoms with Crippen LogP contribution in [0.3, 0.4) is 0 Å². The molecule has 0 aliphatic rings. The van der Waals surface area contributed by atoms with E-state index in [0.717, 1.165) is 29.0 Å².